The maximum atomic E-state index is 11.9. The second-order valence-corrected chi connectivity index (χ2v) is 5.64. The molecule has 2 aromatic rings. The molecule has 0 aliphatic carbocycles. The molecule has 0 aromatic heterocycles. The van der Waals surface area contributed by atoms with Gasteiger partial charge in [0.15, 0.2) is 17.2 Å². The Balaban J connectivity index is 1.39. The van der Waals surface area contributed by atoms with Crippen LogP contribution < -0.4 is 19.5 Å². The molecule has 0 radical (unpaired) electrons. The van der Waals surface area contributed by atoms with Crippen LogP contribution in [0.15, 0.2) is 42.5 Å². The van der Waals surface area contributed by atoms with Crippen molar-refractivity contribution in [2.75, 3.05) is 13.4 Å². The molecule has 26 heavy (non-hydrogen) atoms. The van der Waals surface area contributed by atoms with Crippen LogP contribution in [-0.4, -0.2) is 24.2 Å². The molecule has 8 nitrogen and oxygen atoms in total. The molecule has 136 valence electrons. The summed E-state index contributed by atoms with van der Waals surface area (Å²) < 4.78 is 15.9. The van der Waals surface area contributed by atoms with Gasteiger partial charge in [0.1, 0.15) is 0 Å². The normalized spacial score (nSPS) is 11.8. The van der Waals surface area contributed by atoms with E-state index in [1.54, 1.807) is 12.1 Å². The lowest BCUT2D eigenvalue weighted by Gasteiger charge is -2.08. The Morgan fingerprint density at radius 1 is 1.19 bits per heavy atom. The zero-order chi connectivity index (χ0) is 18.4. The SMILES string of the molecule is O=C(CCCOc1ccccc1[N+](=O)[O-])NCc1ccc2c(c1)OCO2. The average Bonchev–Trinajstić information content (AvgIpc) is 3.11. The lowest BCUT2D eigenvalue weighted by atomic mass is 10.2. The van der Waals surface area contributed by atoms with Crippen LogP contribution in [0.1, 0.15) is 18.4 Å². The number of benzene rings is 2. The number of ether oxygens (including phenoxy) is 3. The predicted molar refractivity (Wildman–Crippen MR) is 92.2 cm³/mol. The van der Waals surface area contributed by atoms with Crippen LogP contribution in [0.25, 0.3) is 0 Å². The smallest absolute Gasteiger partial charge is 0.310 e. The molecule has 1 amide bonds. The van der Waals surface area contributed by atoms with E-state index in [-0.39, 0.29) is 37.2 Å². The third-order valence-electron chi connectivity index (χ3n) is 3.79. The first-order valence-corrected chi connectivity index (χ1v) is 8.15. The Hall–Kier alpha value is -3.29. The Kier molecular flexibility index (Phi) is 5.52. The minimum atomic E-state index is -0.493. The van der Waals surface area contributed by atoms with Crippen LogP contribution in [0.3, 0.4) is 0 Å². The van der Waals surface area contributed by atoms with Gasteiger partial charge in [-0.15, -0.1) is 0 Å². The van der Waals surface area contributed by atoms with Gasteiger partial charge in [0.2, 0.25) is 12.7 Å². The summed E-state index contributed by atoms with van der Waals surface area (Å²) in [5.74, 6) is 1.47. The van der Waals surface area contributed by atoms with E-state index in [1.807, 2.05) is 18.2 Å². The predicted octanol–water partition coefficient (Wildman–Crippen LogP) is 2.80. The summed E-state index contributed by atoms with van der Waals surface area (Å²) in [4.78, 5) is 22.3. The summed E-state index contributed by atoms with van der Waals surface area (Å²) in [5, 5.41) is 13.7. The number of para-hydroxylation sites is 2. The highest BCUT2D eigenvalue weighted by molar-refractivity contribution is 5.75. The first-order chi connectivity index (χ1) is 12.6. The summed E-state index contributed by atoms with van der Waals surface area (Å²) in [5.41, 5.74) is 0.832. The van der Waals surface area contributed by atoms with Crippen LogP contribution in [0.5, 0.6) is 17.2 Å². The molecule has 0 unspecified atom stereocenters. The number of rotatable bonds is 8. The average molecular weight is 358 g/mol. The number of nitro groups is 1. The van der Waals surface area contributed by atoms with Gasteiger partial charge in [-0.2, -0.15) is 0 Å². The summed E-state index contributed by atoms with van der Waals surface area (Å²) in [7, 11) is 0. The largest absolute Gasteiger partial charge is 0.487 e. The van der Waals surface area contributed by atoms with Gasteiger partial charge in [-0.1, -0.05) is 18.2 Å². The summed E-state index contributed by atoms with van der Waals surface area (Å²) >= 11 is 0. The number of carbonyl (C=O) groups excluding carboxylic acids is 1. The molecular formula is C18H18N2O6. The van der Waals surface area contributed by atoms with Crippen molar-refractivity contribution in [1.82, 2.24) is 5.32 Å². The van der Waals surface area contributed by atoms with Crippen molar-refractivity contribution >= 4 is 11.6 Å². The van der Waals surface area contributed by atoms with E-state index in [9.17, 15) is 14.9 Å². The van der Waals surface area contributed by atoms with Crippen LogP contribution in [0.2, 0.25) is 0 Å². The fourth-order valence-corrected chi connectivity index (χ4v) is 2.48. The molecular weight excluding hydrogens is 340 g/mol. The Labute approximate surface area is 149 Å². The highest BCUT2D eigenvalue weighted by atomic mass is 16.7. The zero-order valence-electron chi connectivity index (χ0n) is 14.0. The van der Waals surface area contributed by atoms with Crippen molar-refractivity contribution < 1.29 is 23.9 Å². The highest BCUT2D eigenvalue weighted by Gasteiger charge is 2.14. The van der Waals surface area contributed by atoms with E-state index in [4.69, 9.17) is 14.2 Å². The molecule has 0 saturated carbocycles. The highest BCUT2D eigenvalue weighted by Crippen LogP contribution is 2.32. The number of hydrogen-bond acceptors (Lipinski definition) is 6. The molecule has 0 spiro atoms. The minimum absolute atomic E-state index is 0.0836. The van der Waals surface area contributed by atoms with Gasteiger partial charge >= 0.3 is 5.69 Å². The molecule has 1 N–H and O–H groups in total. The molecule has 1 heterocycles. The van der Waals surface area contributed by atoms with E-state index in [0.29, 0.717) is 24.5 Å². The zero-order valence-corrected chi connectivity index (χ0v) is 14.0. The maximum Gasteiger partial charge on any atom is 0.310 e. The van der Waals surface area contributed by atoms with Gasteiger partial charge in [-0.3, -0.25) is 14.9 Å². The first-order valence-electron chi connectivity index (χ1n) is 8.15. The van der Waals surface area contributed by atoms with Crippen LogP contribution in [0, 0.1) is 10.1 Å². The Bertz CT molecular complexity index is 808. The number of nitrogens with zero attached hydrogens (tertiary/aromatic N) is 1. The number of carbonyl (C=O) groups is 1. The Morgan fingerprint density at radius 2 is 2.00 bits per heavy atom. The quantitative estimate of drug-likeness (QED) is 0.442. The minimum Gasteiger partial charge on any atom is -0.487 e. The molecule has 3 rings (SSSR count). The summed E-state index contributed by atoms with van der Waals surface area (Å²) in [6.45, 7) is 0.827. The van der Waals surface area contributed by atoms with E-state index in [1.165, 1.54) is 12.1 Å². The van der Waals surface area contributed by atoms with Gasteiger partial charge in [-0.25, -0.2) is 0 Å². The van der Waals surface area contributed by atoms with E-state index in [2.05, 4.69) is 5.32 Å². The van der Waals surface area contributed by atoms with Crippen LogP contribution >= 0.6 is 0 Å². The van der Waals surface area contributed by atoms with E-state index < -0.39 is 4.92 Å². The second kappa shape index (κ2) is 8.19. The van der Waals surface area contributed by atoms with Crippen molar-refractivity contribution in [3.63, 3.8) is 0 Å². The van der Waals surface area contributed by atoms with Gasteiger partial charge in [0.25, 0.3) is 0 Å². The summed E-state index contributed by atoms with van der Waals surface area (Å²) in [6.07, 6.45) is 0.726. The van der Waals surface area contributed by atoms with Gasteiger partial charge in [-0.05, 0) is 30.2 Å². The third-order valence-corrected chi connectivity index (χ3v) is 3.79. The van der Waals surface area contributed by atoms with Crippen LogP contribution in [-0.2, 0) is 11.3 Å². The lowest BCUT2D eigenvalue weighted by Crippen LogP contribution is -2.23. The molecule has 1 aliphatic rings. The van der Waals surface area contributed by atoms with E-state index in [0.717, 1.165) is 5.56 Å². The third kappa shape index (κ3) is 4.41. The van der Waals surface area contributed by atoms with Crippen molar-refractivity contribution in [3.05, 3.63) is 58.1 Å². The number of fused-ring (bicyclic) bond motifs is 1. The molecule has 0 saturated heterocycles. The van der Waals surface area contributed by atoms with Crippen molar-refractivity contribution in [2.45, 2.75) is 19.4 Å². The first kappa shape index (κ1) is 17.5. The van der Waals surface area contributed by atoms with Crippen molar-refractivity contribution in [3.8, 4) is 17.2 Å². The molecule has 8 heteroatoms. The number of hydrogen-bond donors (Lipinski definition) is 1. The lowest BCUT2D eigenvalue weighted by molar-refractivity contribution is -0.385. The van der Waals surface area contributed by atoms with Crippen molar-refractivity contribution in [2.24, 2.45) is 0 Å². The molecule has 0 bridgehead atoms. The number of nitro benzene ring substituents is 1. The molecule has 0 atom stereocenters. The molecule has 1 aliphatic heterocycles. The standard InChI is InChI=1S/C18H18N2O6/c21-18(19-11-13-7-8-16-17(10-13)26-12-25-16)6-3-9-24-15-5-2-1-4-14(15)20(22)23/h1-2,4-5,7-8,10H,3,6,9,11-12H2,(H,19,21). The van der Waals surface area contributed by atoms with E-state index >= 15 is 0 Å². The van der Waals surface area contributed by atoms with Gasteiger partial charge in [0, 0.05) is 19.0 Å². The summed E-state index contributed by atoms with van der Waals surface area (Å²) in [6, 6.07) is 11.7. The Morgan fingerprint density at radius 3 is 2.85 bits per heavy atom. The van der Waals surface area contributed by atoms with Gasteiger partial charge in [0.05, 0.1) is 11.5 Å². The monoisotopic (exact) mass is 358 g/mol. The maximum absolute atomic E-state index is 11.9. The fraction of sp³-hybridized carbons (Fsp3) is 0.278. The fourth-order valence-electron chi connectivity index (χ4n) is 2.48. The molecule has 2 aromatic carbocycles. The molecule has 0 fully saturated rings. The van der Waals surface area contributed by atoms with Gasteiger partial charge < -0.3 is 19.5 Å². The van der Waals surface area contributed by atoms with Crippen LogP contribution in [0.4, 0.5) is 5.69 Å². The number of nitrogens with one attached hydrogen (secondary N) is 1. The number of amides is 1. The van der Waals surface area contributed by atoms with Crippen molar-refractivity contribution in [1.29, 1.82) is 0 Å². The second-order valence-electron chi connectivity index (χ2n) is 5.64. The topological polar surface area (TPSA) is 99.9 Å².